The van der Waals surface area contributed by atoms with Crippen LogP contribution in [0.1, 0.15) is 18.0 Å². The lowest BCUT2D eigenvalue weighted by atomic mass is 10.0. The van der Waals surface area contributed by atoms with Crippen molar-refractivity contribution in [1.82, 2.24) is 5.43 Å². The fourth-order valence-electron chi connectivity index (χ4n) is 1.92. The van der Waals surface area contributed by atoms with Gasteiger partial charge in [-0.25, -0.2) is 8.78 Å². The van der Waals surface area contributed by atoms with E-state index in [0.717, 1.165) is 23.9 Å². The summed E-state index contributed by atoms with van der Waals surface area (Å²) < 4.78 is 32.3. The van der Waals surface area contributed by atoms with Crippen LogP contribution in [0, 0.1) is 11.6 Å². The molecular formula is C15H16F2N2O. The number of nitrogens with two attached hydrogens (primary N) is 1. The summed E-state index contributed by atoms with van der Waals surface area (Å²) in [6, 6.07) is 12.1. The molecule has 0 aliphatic heterocycles. The minimum atomic E-state index is -0.505. The highest BCUT2D eigenvalue weighted by Crippen LogP contribution is 2.21. The van der Waals surface area contributed by atoms with Gasteiger partial charge < -0.3 is 4.74 Å². The molecule has 2 rings (SSSR count). The molecule has 0 heterocycles. The van der Waals surface area contributed by atoms with Gasteiger partial charge in [0.2, 0.25) is 0 Å². The lowest BCUT2D eigenvalue weighted by molar-refractivity contribution is 0.285. The summed E-state index contributed by atoms with van der Waals surface area (Å²) in [5.74, 6) is 5.15. The number of rotatable bonds is 6. The molecule has 0 aliphatic carbocycles. The third-order valence-electron chi connectivity index (χ3n) is 2.95. The maximum Gasteiger partial charge on any atom is 0.128 e. The van der Waals surface area contributed by atoms with E-state index in [4.69, 9.17) is 10.6 Å². The Hall–Kier alpha value is -1.98. The van der Waals surface area contributed by atoms with Crippen molar-refractivity contribution in [2.45, 2.75) is 12.5 Å². The van der Waals surface area contributed by atoms with Crippen LogP contribution >= 0.6 is 0 Å². The van der Waals surface area contributed by atoms with E-state index in [1.54, 1.807) is 0 Å². The molecule has 1 unspecified atom stereocenters. The third-order valence-corrected chi connectivity index (χ3v) is 2.95. The monoisotopic (exact) mass is 278 g/mol. The summed E-state index contributed by atoms with van der Waals surface area (Å²) in [6.07, 6.45) is 0.422. The van der Waals surface area contributed by atoms with E-state index in [-0.39, 0.29) is 5.56 Å². The van der Waals surface area contributed by atoms with Gasteiger partial charge in [0.15, 0.2) is 0 Å². The highest BCUT2D eigenvalue weighted by Gasteiger charge is 2.15. The molecule has 1 atom stereocenters. The fraction of sp³-hybridized carbons (Fsp3) is 0.200. The molecule has 0 fully saturated rings. The van der Waals surface area contributed by atoms with Crippen molar-refractivity contribution in [1.29, 1.82) is 0 Å². The number of hydrogen-bond donors (Lipinski definition) is 2. The number of benzene rings is 2. The zero-order valence-corrected chi connectivity index (χ0v) is 10.9. The Bertz CT molecular complexity index is 549. The number of para-hydroxylation sites is 1. The second-order valence-electron chi connectivity index (χ2n) is 4.34. The van der Waals surface area contributed by atoms with Gasteiger partial charge in [0.1, 0.15) is 17.4 Å². The summed E-state index contributed by atoms with van der Waals surface area (Å²) in [7, 11) is 0. The molecule has 0 saturated heterocycles. The standard InChI is InChI=1S/C15H16F2N2O/c16-11-6-7-14(17)13(10-11)15(19-18)8-9-20-12-4-2-1-3-5-12/h1-7,10,15,19H,8-9,18H2. The third kappa shape index (κ3) is 3.76. The first-order valence-corrected chi connectivity index (χ1v) is 6.29. The van der Waals surface area contributed by atoms with Gasteiger partial charge >= 0.3 is 0 Å². The van der Waals surface area contributed by atoms with Crippen LogP contribution in [-0.4, -0.2) is 6.61 Å². The predicted molar refractivity (Wildman–Crippen MR) is 73.0 cm³/mol. The van der Waals surface area contributed by atoms with Gasteiger partial charge in [0, 0.05) is 12.0 Å². The Balaban J connectivity index is 1.97. The zero-order chi connectivity index (χ0) is 14.4. The number of hydrogen-bond acceptors (Lipinski definition) is 3. The van der Waals surface area contributed by atoms with Crippen molar-refractivity contribution < 1.29 is 13.5 Å². The second kappa shape index (κ2) is 6.98. The van der Waals surface area contributed by atoms with Crippen LogP contribution in [0.15, 0.2) is 48.5 Å². The number of hydrazine groups is 1. The van der Waals surface area contributed by atoms with Crippen molar-refractivity contribution in [3.8, 4) is 5.75 Å². The molecule has 3 nitrogen and oxygen atoms in total. The highest BCUT2D eigenvalue weighted by molar-refractivity contribution is 5.23. The van der Waals surface area contributed by atoms with Gasteiger partial charge in [-0.05, 0) is 30.3 Å². The fourth-order valence-corrected chi connectivity index (χ4v) is 1.92. The van der Waals surface area contributed by atoms with Crippen LogP contribution in [0.4, 0.5) is 8.78 Å². The van der Waals surface area contributed by atoms with E-state index < -0.39 is 17.7 Å². The molecule has 0 saturated carbocycles. The van der Waals surface area contributed by atoms with Gasteiger partial charge in [-0.3, -0.25) is 11.3 Å². The van der Waals surface area contributed by atoms with E-state index >= 15 is 0 Å². The Labute approximate surface area is 116 Å². The van der Waals surface area contributed by atoms with Crippen molar-refractivity contribution in [3.63, 3.8) is 0 Å². The van der Waals surface area contributed by atoms with Crippen LogP contribution in [0.2, 0.25) is 0 Å². The van der Waals surface area contributed by atoms with Crippen molar-refractivity contribution >= 4 is 0 Å². The predicted octanol–water partition coefficient (Wildman–Crippen LogP) is 2.94. The van der Waals surface area contributed by atoms with Crippen LogP contribution in [0.3, 0.4) is 0 Å². The Morgan fingerprint density at radius 1 is 1.10 bits per heavy atom. The maximum atomic E-state index is 13.7. The smallest absolute Gasteiger partial charge is 0.128 e. The quantitative estimate of drug-likeness (QED) is 0.631. The molecule has 0 amide bonds. The summed E-state index contributed by atoms with van der Waals surface area (Å²) in [5.41, 5.74) is 2.68. The lowest BCUT2D eigenvalue weighted by Crippen LogP contribution is -2.30. The molecular weight excluding hydrogens is 262 g/mol. The average Bonchev–Trinajstić information content (AvgIpc) is 2.48. The van der Waals surface area contributed by atoms with Crippen LogP contribution in [0.25, 0.3) is 0 Å². The normalized spacial score (nSPS) is 12.2. The summed E-state index contributed by atoms with van der Waals surface area (Å²) in [5, 5.41) is 0. The Kier molecular flexibility index (Phi) is 5.03. The van der Waals surface area contributed by atoms with Crippen molar-refractivity contribution in [2.75, 3.05) is 6.61 Å². The van der Waals surface area contributed by atoms with Gasteiger partial charge in [-0.1, -0.05) is 18.2 Å². The van der Waals surface area contributed by atoms with E-state index in [1.165, 1.54) is 0 Å². The summed E-state index contributed by atoms with van der Waals surface area (Å²) in [4.78, 5) is 0. The topological polar surface area (TPSA) is 47.3 Å². The molecule has 5 heteroatoms. The molecule has 0 aromatic heterocycles. The second-order valence-corrected chi connectivity index (χ2v) is 4.34. The van der Waals surface area contributed by atoms with Gasteiger partial charge in [0.25, 0.3) is 0 Å². The van der Waals surface area contributed by atoms with Crippen LogP contribution in [0.5, 0.6) is 5.75 Å². The SMILES string of the molecule is NNC(CCOc1ccccc1)c1cc(F)ccc1F. The van der Waals surface area contributed by atoms with E-state index in [0.29, 0.717) is 13.0 Å². The van der Waals surface area contributed by atoms with Crippen LogP contribution in [-0.2, 0) is 0 Å². The molecule has 2 aromatic rings. The molecule has 106 valence electrons. The van der Waals surface area contributed by atoms with E-state index in [9.17, 15) is 8.78 Å². The van der Waals surface area contributed by atoms with Crippen LogP contribution < -0.4 is 16.0 Å². The largest absolute Gasteiger partial charge is 0.494 e. The summed E-state index contributed by atoms with van der Waals surface area (Å²) >= 11 is 0. The van der Waals surface area contributed by atoms with E-state index in [1.807, 2.05) is 30.3 Å². The number of halogens is 2. The average molecular weight is 278 g/mol. The molecule has 2 aromatic carbocycles. The van der Waals surface area contributed by atoms with Crippen molar-refractivity contribution in [2.24, 2.45) is 5.84 Å². The van der Waals surface area contributed by atoms with Gasteiger partial charge in [0.05, 0.1) is 12.6 Å². The first kappa shape index (κ1) is 14.4. The van der Waals surface area contributed by atoms with Gasteiger partial charge in [-0.2, -0.15) is 0 Å². The first-order valence-electron chi connectivity index (χ1n) is 6.29. The Morgan fingerprint density at radius 3 is 2.55 bits per heavy atom. The van der Waals surface area contributed by atoms with Gasteiger partial charge in [-0.15, -0.1) is 0 Å². The Morgan fingerprint density at radius 2 is 1.85 bits per heavy atom. The summed E-state index contributed by atoms with van der Waals surface area (Å²) in [6.45, 7) is 0.342. The minimum absolute atomic E-state index is 0.198. The molecule has 0 radical (unpaired) electrons. The molecule has 0 bridgehead atoms. The zero-order valence-electron chi connectivity index (χ0n) is 10.9. The first-order chi connectivity index (χ1) is 9.70. The molecule has 0 spiro atoms. The number of ether oxygens (including phenoxy) is 1. The molecule has 0 aliphatic rings. The molecule has 20 heavy (non-hydrogen) atoms. The lowest BCUT2D eigenvalue weighted by Gasteiger charge is -2.17. The number of nitrogens with one attached hydrogen (secondary N) is 1. The minimum Gasteiger partial charge on any atom is -0.494 e. The highest BCUT2D eigenvalue weighted by atomic mass is 19.1. The van der Waals surface area contributed by atoms with E-state index in [2.05, 4.69) is 5.43 Å². The molecule has 3 N–H and O–H groups in total. The maximum absolute atomic E-state index is 13.7. The van der Waals surface area contributed by atoms with Crippen molar-refractivity contribution in [3.05, 3.63) is 65.7 Å².